The van der Waals surface area contributed by atoms with Crippen LogP contribution in [-0.4, -0.2) is 31.4 Å². The maximum atomic E-state index is 12.0. The number of carbonyl (C=O) groups is 1. The second-order valence-corrected chi connectivity index (χ2v) is 8.62. The van der Waals surface area contributed by atoms with E-state index in [1.165, 1.54) is 0 Å². The fourth-order valence-electron chi connectivity index (χ4n) is 1.58. The third-order valence-electron chi connectivity index (χ3n) is 3.10. The molecule has 0 aliphatic rings. The smallest absolute Gasteiger partial charge is 0.251 e. The van der Waals surface area contributed by atoms with E-state index in [0.717, 1.165) is 5.56 Å². The Balaban J connectivity index is 2.68. The van der Waals surface area contributed by atoms with E-state index in [9.17, 15) is 13.2 Å². The fraction of sp³-hybridized carbons (Fsp3) is 0.500. The van der Waals surface area contributed by atoms with Crippen molar-refractivity contribution in [2.24, 2.45) is 0 Å². The van der Waals surface area contributed by atoms with Crippen molar-refractivity contribution in [2.45, 2.75) is 32.4 Å². The van der Waals surface area contributed by atoms with Gasteiger partial charge in [-0.3, -0.25) is 4.79 Å². The van der Waals surface area contributed by atoms with E-state index in [1.54, 1.807) is 45.9 Å². The van der Waals surface area contributed by atoms with Crippen LogP contribution in [0.4, 0.5) is 5.69 Å². The molecule has 0 fully saturated rings. The summed E-state index contributed by atoms with van der Waals surface area (Å²) in [5.74, 6) is -0.386. The van der Waals surface area contributed by atoms with Gasteiger partial charge < -0.3 is 11.1 Å². The summed E-state index contributed by atoms with van der Waals surface area (Å²) in [6.45, 7) is 6.83. The largest absolute Gasteiger partial charge is 0.399 e. The van der Waals surface area contributed by atoms with Crippen LogP contribution >= 0.6 is 0 Å². The zero-order chi connectivity index (χ0) is 15.6. The molecule has 1 rings (SSSR count). The van der Waals surface area contributed by atoms with Crippen LogP contribution in [0.15, 0.2) is 18.2 Å². The molecule has 1 aromatic carbocycles. The van der Waals surface area contributed by atoms with Crippen LogP contribution in [0.2, 0.25) is 0 Å². The summed E-state index contributed by atoms with van der Waals surface area (Å²) in [6.07, 6.45) is 0. The summed E-state index contributed by atoms with van der Waals surface area (Å²) in [7, 11) is -3.23. The Bertz CT molecular complexity index is 601. The molecule has 0 unspecified atom stereocenters. The van der Waals surface area contributed by atoms with Gasteiger partial charge in [0.1, 0.15) is 0 Å². The normalized spacial score (nSPS) is 12.2. The molecule has 1 aromatic rings. The summed E-state index contributed by atoms with van der Waals surface area (Å²) in [6, 6.07) is 5.06. The van der Waals surface area contributed by atoms with Crippen LogP contribution in [0.1, 0.15) is 36.7 Å². The van der Waals surface area contributed by atoms with Crippen molar-refractivity contribution in [3.63, 3.8) is 0 Å². The quantitative estimate of drug-likeness (QED) is 0.825. The molecule has 0 atom stereocenters. The van der Waals surface area contributed by atoms with Gasteiger partial charge in [-0.25, -0.2) is 8.42 Å². The SMILES string of the molecule is Cc1ccc(N)cc1C(=O)NCCS(=O)(=O)C(C)(C)C. The molecule has 20 heavy (non-hydrogen) atoms. The maximum absolute atomic E-state index is 12.0. The fourth-order valence-corrected chi connectivity index (χ4v) is 2.57. The van der Waals surface area contributed by atoms with E-state index in [1.807, 2.05) is 0 Å². The molecule has 0 radical (unpaired) electrons. The van der Waals surface area contributed by atoms with Gasteiger partial charge in [-0.15, -0.1) is 0 Å². The first-order valence-electron chi connectivity index (χ1n) is 6.41. The Hall–Kier alpha value is -1.56. The van der Waals surface area contributed by atoms with Crippen LogP contribution in [0.3, 0.4) is 0 Å². The van der Waals surface area contributed by atoms with Gasteiger partial charge in [0.2, 0.25) is 0 Å². The number of nitrogens with two attached hydrogens (primary N) is 1. The summed E-state index contributed by atoms with van der Waals surface area (Å²) < 4.78 is 23.0. The molecule has 5 nitrogen and oxygen atoms in total. The summed E-state index contributed by atoms with van der Waals surface area (Å²) in [5.41, 5.74) is 7.42. The highest BCUT2D eigenvalue weighted by molar-refractivity contribution is 7.92. The molecular formula is C14H22N2O3S. The van der Waals surface area contributed by atoms with Crippen LogP contribution in [-0.2, 0) is 9.84 Å². The molecule has 0 spiro atoms. The molecule has 0 aliphatic heterocycles. The molecule has 112 valence electrons. The molecular weight excluding hydrogens is 276 g/mol. The second kappa shape index (κ2) is 5.83. The minimum atomic E-state index is -3.23. The van der Waals surface area contributed by atoms with Crippen molar-refractivity contribution in [1.82, 2.24) is 5.32 Å². The van der Waals surface area contributed by atoms with Gasteiger partial charge in [-0.05, 0) is 45.4 Å². The molecule has 0 saturated carbocycles. The lowest BCUT2D eigenvalue weighted by atomic mass is 10.1. The maximum Gasteiger partial charge on any atom is 0.251 e. The first kappa shape index (κ1) is 16.5. The second-order valence-electron chi connectivity index (χ2n) is 5.76. The van der Waals surface area contributed by atoms with Crippen LogP contribution in [0.25, 0.3) is 0 Å². The van der Waals surface area contributed by atoms with E-state index in [4.69, 9.17) is 5.73 Å². The molecule has 0 heterocycles. The lowest BCUT2D eigenvalue weighted by Gasteiger charge is -2.19. The number of amides is 1. The lowest BCUT2D eigenvalue weighted by Crippen LogP contribution is -2.36. The Morgan fingerprint density at radius 2 is 1.90 bits per heavy atom. The highest BCUT2D eigenvalue weighted by Gasteiger charge is 2.28. The average molecular weight is 298 g/mol. The summed E-state index contributed by atoms with van der Waals surface area (Å²) in [5, 5.41) is 2.62. The number of nitrogen functional groups attached to an aromatic ring is 1. The minimum Gasteiger partial charge on any atom is -0.399 e. The van der Waals surface area contributed by atoms with Crippen molar-refractivity contribution >= 4 is 21.4 Å². The number of benzene rings is 1. The molecule has 3 N–H and O–H groups in total. The zero-order valence-corrected chi connectivity index (χ0v) is 13.2. The van der Waals surface area contributed by atoms with Crippen molar-refractivity contribution < 1.29 is 13.2 Å². The standard InChI is InChI=1S/C14H22N2O3S/c1-10-5-6-11(15)9-12(10)13(17)16-7-8-20(18,19)14(2,3)4/h5-6,9H,7-8,15H2,1-4H3,(H,16,17). The van der Waals surface area contributed by atoms with Gasteiger partial charge in [-0.1, -0.05) is 6.07 Å². The molecule has 6 heteroatoms. The van der Waals surface area contributed by atoms with Crippen LogP contribution < -0.4 is 11.1 Å². The van der Waals surface area contributed by atoms with Gasteiger partial charge in [0.05, 0.1) is 10.5 Å². The van der Waals surface area contributed by atoms with Gasteiger partial charge >= 0.3 is 0 Å². The van der Waals surface area contributed by atoms with Gasteiger partial charge in [-0.2, -0.15) is 0 Å². The molecule has 1 amide bonds. The van der Waals surface area contributed by atoms with Crippen molar-refractivity contribution in [3.05, 3.63) is 29.3 Å². The third kappa shape index (κ3) is 3.96. The van der Waals surface area contributed by atoms with Gasteiger partial charge in [0.15, 0.2) is 9.84 Å². The number of hydrogen-bond donors (Lipinski definition) is 2. The minimum absolute atomic E-state index is 0.0798. The number of rotatable bonds is 4. The predicted octanol–water partition coefficient (Wildman–Crippen LogP) is 1.52. The number of aryl methyl sites for hydroxylation is 1. The Kier molecular flexibility index (Phi) is 4.81. The lowest BCUT2D eigenvalue weighted by molar-refractivity contribution is 0.0955. The average Bonchev–Trinajstić information content (AvgIpc) is 2.30. The molecule has 0 aromatic heterocycles. The molecule has 0 saturated heterocycles. The van der Waals surface area contributed by atoms with E-state index in [2.05, 4.69) is 5.32 Å². The Morgan fingerprint density at radius 3 is 2.45 bits per heavy atom. The topological polar surface area (TPSA) is 89.3 Å². The Labute approximate surface area is 120 Å². The van der Waals surface area contributed by atoms with Crippen molar-refractivity contribution in [2.75, 3.05) is 18.0 Å². The van der Waals surface area contributed by atoms with Gasteiger partial charge in [0.25, 0.3) is 5.91 Å². The van der Waals surface area contributed by atoms with Crippen LogP contribution in [0, 0.1) is 6.92 Å². The first-order chi connectivity index (χ1) is 9.04. The van der Waals surface area contributed by atoms with Crippen molar-refractivity contribution in [1.29, 1.82) is 0 Å². The number of hydrogen-bond acceptors (Lipinski definition) is 4. The Morgan fingerprint density at radius 1 is 1.30 bits per heavy atom. The third-order valence-corrected chi connectivity index (χ3v) is 5.70. The van der Waals surface area contributed by atoms with Crippen molar-refractivity contribution in [3.8, 4) is 0 Å². The first-order valence-corrected chi connectivity index (χ1v) is 8.06. The molecule has 0 bridgehead atoms. The number of anilines is 1. The number of nitrogens with one attached hydrogen (secondary N) is 1. The predicted molar refractivity (Wildman–Crippen MR) is 81.5 cm³/mol. The van der Waals surface area contributed by atoms with Gasteiger partial charge in [0, 0.05) is 17.8 Å². The highest BCUT2D eigenvalue weighted by atomic mass is 32.2. The monoisotopic (exact) mass is 298 g/mol. The van der Waals surface area contributed by atoms with E-state index < -0.39 is 14.6 Å². The van der Waals surface area contributed by atoms with Crippen LogP contribution in [0.5, 0.6) is 0 Å². The van der Waals surface area contributed by atoms with E-state index in [0.29, 0.717) is 11.3 Å². The van der Waals surface area contributed by atoms with E-state index in [-0.39, 0.29) is 18.2 Å². The molecule has 0 aliphatic carbocycles. The number of sulfone groups is 1. The highest BCUT2D eigenvalue weighted by Crippen LogP contribution is 2.15. The van der Waals surface area contributed by atoms with E-state index >= 15 is 0 Å². The summed E-state index contributed by atoms with van der Waals surface area (Å²) in [4.78, 5) is 12.0. The number of carbonyl (C=O) groups excluding carboxylic acids is 1. The summed E-state index contributed by atoms with van der Waals surface area (Å²) >= 11 is 0. The zero-order valence-electron chi connectivity index (χ0n) is 12.4.